The average molecular weight is 462 g/mol. The van der Waals surface area contributed by atoms with Crippen LogP contribution in [0.2, 0.25) is 0 Å². The minimum atomic E-state index is -1.13. The number of carboxylic acid groups (broad SMARTS) is 1. The van der Waals surface area contributed by atoms with E-state index in [0.29, 0.717) is 23.3 Å². The van der Waals surface area contributed by atoms with Crippen LogP contribution in [0.4, 0.5) is 16.5 Å². The Balaban J connectivity index is 2.34. The van der Waals surface area contributed by atoms with E-state index < -0.39 is 22.8 Å². The number of hydrogen-bond donors (Lipinski definition) is 3. The summed E-state index contributed by atoms with van der Waals surface area (Å²) < 4.78 is 5.36. The maximum absolute atomic E-state index is 12.8. The second kappa shape index (κ2) is 9.78. The number of amides is 2. The fourth-order valence-electron chi connectivity index (χ4n) is 3.50. The van der Waals surface area contributed by atoms with Crippen molar-refractivity contribution in [1.29, 1.82) is 0 Å². The number of nitrogens with zero attached hydrogens (tertiary/aromatic N) is 3. The van der Waals surface area contributed by atoms with Crippen molar-refractivity contribution in [2.24, 2.45) is 0 Å². The first kappa shape index (κ1) is 26.1. The summed E-state index contributed by atoms with van der Waals surface area (Å²) >= 11 is 0. The van der Waals surface area contributed by atoms with Gasteiger partial charge in [0.25, 0.3) is 6.01 Å². The normalized spacial score (nSPS) is 12.2. The molecule has 0 atom stereocenters. The van der Waals surface area contributed by atoms with Crippen molar-refractivity contribution in [3.8, 4) is 0 Å². The Bertz CT molecular complexity index is 1090. The number of rotatable bonds is 8. The van der Waals surface area contributed by atoms with Crippen LogP contribution < -0.4 is 21.2 Å². The van der Waals surface area contributed by atoms with Crippen LogP contribution >= 0.6 is 0 Å². The molecule has 182 valence electrons. The van der Waals surface area contributed by atoms with Gasteiger partial charge in [0.2, 0.25) is 5.91 Å². The molecule has 33 heavy (non-hydrogen) atoms. The first-order valence-electron chi connectivity index (χ1n) is 10.8. The molecule has 0 aliphatic carbocycles. The SMILES string of the molecule is Cc1c(N(C(=O)O)C(C)(C)C)ccc2nc(NC(C)(C)C(=O)NCCCN(C)C)oc(=O)c12. The summed E-state index contributed by atoms with van der Waals surface area (Å²) in [6.45, 7) is 11.7. The maximum Gasteiger partial charge on any atom is 0.412 e. The predicted molar refractivity (Wildman–Crippen MR) is 129 cm³/mol. The van der Waals surface area contributed by atoms with Gasteiger partial charge in [-0.05, 0) is 86.3 Å². The van der Waals surface area contributed by atoms with E-state index in [1.54, 1.807) is 53.7 Å². The Labute approximate surface area is 194 Å². The topological polar surface area (TPSA) is 128 Å². The first-order valence-corrected chi connectivity index (χ1v) is 10.8. The quantitative estimate of drug-likeness (QED) is 0.512. The number of hydrogen-bond acceptors (Lipinski definition) is 7. The lowest BCUT2D eigenvalue weighted by Crippen LogP contribution is -2.48. The predicted octanol–water partition coefficient (Wildman–Crippen LogP) is 3.04. The molecule has 0 fully saturated rings. The van der Waals surface area contributed by atoms with Gasteiger partial charge in [-0.15, -0.1) is 0 Å². The number of anilines is 2. The zero-order valence-corrected chi connectivity index (χ0v) is 20.7. The molecule has 0 saturated carbocycles. The third-order valence-electron chi connectivity index (χ3n) is 5.19. The molecule has 0 spiro atoms. The van der Waals surface area contributed by atoms with E-state index in [-0.39, 0.29) is 17.3 Å². The molecular weight excluding hydrogens is 426 g/mol. The number of carbonyl (C=O) groups excluding carboxylic acids is 1. The van der Waals surface area contributed by atoms with Gasteiger partial charge < -0.3 is 25.1 Å². The fourth-order valence-corrected chi connectivity index (χ4v) is 3.50. The van der Waals surface area contributed by atoms with E-state index in [9.17, 15) is 19.5 Å². The number of aryl methyl sites for hydroxylation is 1. The summed E-state index contributed by atoms with van der Waals surface area (Å²) in [5.41, 5.74) is -1.27. The summed E-state index contributed by atoms with van der Waals surface area (Å²) in [5, 5.41) is 15.7. The smallest absolute Gasteiger partial charge is 0.412 e. The van der Waals surface area contributed by atoms with Crippen LogP contribution in [0.5, 0.6) is 0 Å². The van der Waals surface area contributed by atoms with Gasteiger partial charge in [0, 0.05) is 12.1 Å². The van der Waals surface area contributed by atoms with Crippen molar-refractivity contribution >= 4 is 34.6 Å². The molecule has 1 heterocycles. The van der Waals surface area contributed by atoms with Crippen molar-refractivity contribution in [3.63, 3.8) is 0 Å². The largest absolute Gasteiger partial charge is 0.465 e. The van der Waals surface area contributed by atoms with Crippen LogP contribution in [-0.4, -0.2) is 65.3 Å². The van der Waals surface area contributed by atoms with Crippen molar-refractivity contribution in [2.45, 2.75) is 59.0 Å². The molecule has 0 radical (unpaired) electrons. The first-order chi connectivity index (χ1) is 15.1. The zero-order chi connectivity index (χ0) is 25.1. The van der Waals surface area contributed by atoms with Crippen molar-refractivity contribution in [3.05, 3.63) is 28.1 Å². The third kappa shape index (κ3) is 6.22. The number of aromatic nitrogens is 1. The van der Waals surface area contributed by atoms with E-state index >= 15 is 0 Å². The van der Waals surface area contributed by atoms with Crippen LogP contribution in [0.1, 0.15) is 46.6 Å². The Kier molecular flexibility index (Phi) is 7.74. The summed E-state index contributed by atoms with van der Waals surface area (Å²) in [4.78, 5) is 44.9. The van der Waals surface area contributed by atoms with Crippen LogP contribution in [0, 0.1) is 6.92 Å². The number of fused-ring (bicyclic) bond motifs is 1. The van der Waals surface area contributed by atoms with E-state index in [0.717, 1.165) is 13.0 Å². The molecule has 3 N–H and O–H groups in total. The van der Waals surface area contributed by atoms with Crippen LogP contribution in [-0.2, 0) is 4.79 Å². The molecule has 0 aliphatic heterocycles. The summed E-state index contributed by atoms with van der Waals surface area (Å²) in [6, 6.07) is 3.12. The highest BCUT2D eigenvalue weighted by Crippen LogP contribution is 2.31. The molecule has 1 aromatic heterocycles. The van der Waals surface area contributed by atoms with Gasteiger partial charge in [-0.25, -0.2) is 9.59 Å². The molecule has 2 aromatic rings. The van der Waals surface area contributed by atoms with Crippen LogP contribution in [0.15, 0.2) is 21.3 Å². The van der Waals surface area contributed by atoms with E-state index in [1.165, 1.54) is 4.90 Å². The zero-order valence-electron chi connectivity index (χ0n) is 20.7. The highest BCUT2D eigenvalue weighted by Gasteiger charge is 2.31. The fraction of sp³-hybridized carbons (Fsp3) is 0.565. The lowest BCUT2D eigenvalue weighted by Gasteiger charge is -2.34. The molecule has 10 heteroatoms. The Morgan fingerprint density at radius 3 is 2.33 bits per heavy atom. The third-order valence-corrected chi connectivity index (χ3v) is 5.19. The van der Waals surface area contributed by atoms with Crippen molar-refractivity contribution < 1.29 is 19.1 Å². The highest BCUT2D eigenvalue weighted by molar-refractivity contribution is 5.95. The Hall–Kier alpha value is -3.14. The van der Waals surface area contributed by atoms with E-state index in [4.69, 9.17) is 4.42 Å². The van der Waals surface area contributed by atoms with Crippen LogP contribution in [0.25, 0.3) is 10.9 Å². The van der Waals surface area contributed by atoms with Crippen molar-refractivity contribution in [2.75, 3.05) is 37.4 Å². The van der Waals surface area contributed by atoms with E-state index in [2.05, 4.69) is 15.6 Å². The molecule has 0 unspecified atom stereocenters. The van der Waals surface area contributed by atoms with Gasteiger partial charge in [0.15, 0.2) is 0 Å². The molecule has 0 saturated heterocycles. The van der Waals surface area contributed by atoms with E-state index in [1.807, 2.05) is 19.0 Å². The molecule has 1 aromatic carbocycles. The van der Waals surface area contributed by atoms with Gasteiger partial charge in [-0.3, -0.25) is 9.69 Å². The van der Waals surface area contributed by atoms with Gasteiger partial charge in [-0.2, -0.15) is 4.98 Å². The summed E-state index contributed by atoms with van der Waals surface area (Å²) in [7, 11) is 3.93. The second-order valence-electron chi connectivity index (χ2n) is 9.86. The van der Waals surface area contributed by atoms with Crippen molar-refractivity contribution in [1.82, 2.24) is 15.2 Å². The maximum atomic E-state index is 12.8. The van der Waals surface area contributed by atoms with Gasteiger partial charge >= 0.3 is 11.7 Å². The molecule has 2 amide bonds. The standard InChI is InChI=1S/C23H35N5O5/c1-14-16(28(21(31)32)22(2,3)4)11-10-15-17(14)18(29)33-20(25-15)26-23(5,6)19(30)24-12-9-13-27(7)8/h10-11H,9,12-13H2,1-8H3,(H,24,30)(H,25,26)(H,31,32). The number of carbonyl (C=O) groups is 2. The van der Waals surface area contributed by atoms with Gasteiger partial charge in [-0.1, -0.05) is 0 Å². The lowest BCUT2D eigenvalue weighted by atomic mass is 10.0. The lowest BCUT2D eigenvalue weighted by molar-refractivity contribution is -0.124. The van der Waals surface area contributed by atoms with Crippen LogP contribution in [0.3, 0.4) is 0 Å². The second-order valence-corrected chi connectivity index (χ2v) is 9.86. The number of benzene rings is 1. The average Bonchev–Trinajstić information content (AvgIpc) is 2.65. The monoisotopic (exact) mass is 461 g/mol. The molecule has 2 rings (SSSR count). The summed E-state index contributed by atoms with van der Waals surface area (Å²) in [5.74, 6) is -0.250. The molecular formula is C23H35N5O5. The minimum Gasteiger partial charge on any atom is -0.465 e. The number of nitrogens with one attached hydrogen (secondary N) is 2. The highest BCUT2D eigenvalue weighted by atomic mass is 16.4. The Morgan fingerprint density at radius 2 is 1.79 bits per heavy atom. The molecule has 0 bridgehead atoms. The molecule has 10 nitrogen and oxygen atoms in total. The minimum absolute atomic E-state index is 0.0843. The summed E-state index contributed by atoms with van der Waals surface area (Å²) in [6.07, 6.45) is -0.319. The molecule has 0 aliphatic rings. The van der Waals surface area contributed by atoms with Gasteiger partial charge in [0.05, 0.1) is 16.6 Å². The Morgan fingerprint density at radius 1 is 1.15 bits per heavy atom. The van der Waals surface area contributed by atoms with Gasteiger partial charge in [0.1, 0.15) is 5.54 Å².